The van der Waals surface area contributed by atoms with E-state index in [0.717, 1.165) is 13.3 Å². The monoisotopic (exact) mass is 290 g/mol. The highest BCUT2D eigenvalue weighted by atomic mass is 31.2. The lowest BCUT2D eigenvalue weighted by molar-refractivity contribution is 0.00730. The van der Waals surface area contributed by atoms with Crippen LogP contribution in [0.3, 0.4) is 0 Å². The van der Waals surface area contributed by atoms with Crippen molar-refractivity contribution in [1.29, 1.82) is 0 Å². The first-order valence-corrected chi connectivity index (χ1v) is 8.86. The van der Waals surface area contributed by atoms with Crippen molar-refractivity contribution in [3.8, 4) is 0 Å². The zero-order valence-corrected chi connectivity index (χ0v) is 11.2. The molecule has 0 aromatic rings. The Bertz CT molecular complexity index is 346. The fourth-order valence-electron chi connectivity index (χ4n) is 1.38. The van der Waals surface area contributed by atoms with Crippen LogP contribution in [0.1, 0.15) is 0 Å². The van der Waals surface area contributed by atoms with Gasteiger partial charge in [-0.1, -0.05) is 0 Å². The average Bonchev–Trinajstić information content (AvgIpc) is 2.41. The van der Waals surface area contributed by atoms with Crippen LogP contribution in [-0.4, -0.2) is 59.7 Å². The van der Waals surface area contributed by atoms with E-state index in [0.29, 0.717) is 0 Å². The van der Waals surface area contributed by atoms with E-state index in [9.17, 15) is 14.2 Å². The quantitative estimate of drug-likeness (QED) is 0.594. The Hall–Kier alpha value is 0.220. The molecule has 1 aliphatic heterocycles. The molecule has 0 radical (unpaired) electrons. The number of hydrogen-bond donors (Lipinski definition) is 3. The Morgan fingerprint density at radius 2 is 1.88 bits per heavy atom. The van der Waals surface area contributed by atoms with Gasteiger partial charge < -0.3 is 24.2 Å². The first-order chi connectivity index (χ1) is 7.58. The molecular weight excluding hydrogens is 274 g/mol. The van der Waals surface area contributed by atoms with Crippen molar-refractivity contribution in [2.45, 2.75) is 18.3 Å². The van der Waals surface area contributed by atoms with Gasteiger partial charge in [0, 0.05) is 13.3 Å². The maximum atomic E-state index is 11.1. The molecule has 0 amide bonds. The summed E-state index contributed by atoms with van der Waals surface area (Å²) in [5.41, 5.74) is 0. The van der Waals surface area contributed by atoms with E-state index in [4.69, 9.17) is 19.0 Å². The van der Waals surface area contributed by atoms with Gasteiger partial charge in [-0.2, -0.15) is 0 Å². The van der Waals surface area contributed by atoms with Gasteiger partial charge in [0.2, 0.25) is 0 Å². The van der Waals surface area contributed by atoms with Gasteiger partial charge in [-0.3, -0.25) is 13.7 Å². The van der Waals surface area contributed by atoms with E-state index in [2.05, 4.69) is 4.52 Å². The van der Waals surface area contributed by atoms with Crippen LogP contribution in [0.15, 0.2) is 0 Å². The molecule has 1 saturated heterocycles. The Morgan fingerprint density at radius 1 is 1.29 bits per heavy atom. The summed E-state index contributed by atoms with van der Waals surface area (Å²) >= 11 is 0. The van der Waals surface area contributed by atoms with E-state index in [1.165, 1.54) is 0 Å². The first-order valence-electron chi connectivity index (χ1n) is 4.81. The number of aliphatic hydroxyl groups excluding tert-OH is 1. The normalized spacial score (nSPS) is 36.4. The van der Waals surface area contributed by atoms with Crippen LogP contribution >= 0.6 is 15.2 Å². The molecule has 1 aliphatic rings. The average molecular weight is 290 g/mol. The van der Waals surface area contributed by atoms with E-state index in [1.807, 2.05) is 0 Å². The highest BCUT2D eigenvalue weighted by Gasteiger charge is 2.41. The second-order valence-corrected chi connectivity index (χ2v) is 7.59. The molecule has 0 spiro atoms. The van der Waals surface area contributed by atoms with Crippen LogP contribution in [0, 0.1) is 0 Å². The Balaban J connectivity index is 2.59. The number of aliphatic hydroxyl groups is 1. The lowest BCUT2D eigenvalue weighted by Crippen LogP contribution is -2.34. The summed E-state index contributed by atoms with van der Waals surface area (Å²) in [6, 6.07) is 0. The molecule has 1 heterocycles. The van der Waals surface area contributed by atoms with Crippen molar-refractivity contribution in [3.63, 3.8) is 0 Å². The molecule has 0 aliphatic carbocycles. The Labute approximate surface area is 98.6 Å². The predicted octanol–water partition coefficient (Wildman–Crippen LogP) is -0.222. The van der Waals surface area contributed by atoms with Gasteiger partial charge in [-0.15, -0.1) is 0 Å². The summed E-state index contributed by atoms with van der Waals surface area (Å²) in [4.78, 5) is 18.0. The second-order valence-electron chi connectivity index (χ2n) is 3.91. The fourth-order valence-corrected chi connectivity index (χ4v) is 2.53. The van der Waals surface area contributed by atoms with Gasteiger partial charge in [0.1, 0.15) is 18.3 Å². The molecule has 0 aromatic carbocycles. The molecule has 1 fully saturated rings. The molecule has 3 N–H and O–H groups in total. The van der Waals surface area contributed by atoms with Crippen molar-refractivity contribution in [2.24, 2.45) is 0 Å². The van der Waals surface area contributed by atoms with Gasteiger partial charge in [-0.25, -0.2) is 0 Å². The standard InChI is InChI=1S/C7H16O8P2/c1-16(9,10)14-4-6-7(5(8)3-13-6)15-17(2,11)12/h5-8H,3-4H2,1-2H3,(H,9,10)(H,11,12). The second kappa shape index (κ2) is 5.47. The molecule has 0 saturated carbocycles. The molecule has 17 heavy (non-hydrogen) atoms. The molecule has 0 aromatic heterocycles. The first kappa shape index (κ1) is 15.3. The number of ether oxygens (including phenoxy) is 1. The van der Waals surface area contributed by atoms with Crippen LogP contribution in [0.2, 0.25) is 0 Å². The third-order valence-electron chi connectivity index (χ3n) is 2.02. The Morgan fingerprint density at radius 3 is 2.35 bits per heavy atom. The summed E-state index contributed by atoms with van der Waals surface area (Å²) in [6.45, 7) is 1.60. The lowest BCUT2D eigenvalue weighted by atomic mass is 10.2. The molecule has 102 valence electrons. The third-order valence-corrected chi connectivity index (χ3v) is 3.29. The molecule has 1 rings (SSSR count). The van der Waals surface area contributed by atoms with Crippen molar-refractivity contribution < 1.29 is 37.8 Å². The van der Waals surface area contributed by atoms with Gasteiger partial charge >= 0.3 is 15.2 Å². The largest absolute Gasteiger partial charge is 0.388 e. The van der Waals surface area contributed by atoms with Crippen LogP contribution in [-0.2, 0) is 22.9 Å². The fraction of sp³-hybridized carbons (Fsp3) is 1.00. The van der Waals surface area contributed by atoms with Crippen LogP contribution in [0.25, 0.3) is 0 Å². The molecular formula is C7H16O8P2. The summed E-state index contributed by atoms with van der Waals surface area (Å²) in [5.74, 6) is 0. The van der Waals surface area contributed by atoms with Crippen molar-refractivity contribution >= 4 is 15.2 Å². The highest BCUT2D eigenvalue weighted by molar-refractivity contribution is 7.52. The van der Waals surface area contributed by atoms with Crippen molar-refractivity contribution in [2.75, 3.05) is 26.5 Å². The lowest BCUT2D eigenvalue weighted by Gasteiger charge is -2.22. The minimum absolute atomic E-state index is 0.0852. The number of hydrogen-bond acceptors (Lipinski definition) is 6. The summed E-state index contributed by atoms with van der Waals surface area (Å²) in [5, 5.41) is 9.48. The number of rotatable bonds is 5. The minimum atomic E-state index is -3.78. The smallest absolute Gasteiger partial charge is 0.325 e. The van der Waals surface area contributed by atoms with Gasteiger partial charge in [0.25, 0.3) is 0 Å². The summed E-state index contributed by atoms with van der Waals surface area (Å²) in [7, 11) is -7.45. The maximum absolute atomic E-state index is 11.1. The molecule has 8 nitrogen and oxygen atoms in total. The van der Waals surface area contributed by atoms with Gasteiger partial charge in [0.05, 0.1) is 13.2 Å². The van der Waals surface area contributed by atoms with Gasteiger partial charge in [0.15, 0.2) is 0 Å². The van der Waals surface area contributed by atoms with E-state index in [1.54, 1.807) is 0 Å². The van der Waals surface area contributed by atoms with E-state index >= 15 is 0 Å². The van der Waals surface area contributed by atoms with E-state index in [-0.39, 0.29) is 13.2 Å². The van der Waals surface area contributed by atoms with Gasteiger partial charge in [-0.05, 0) is 0 Å². The molecule has 5 unspecified atom stereocenters. The maximum Gasteiger partial charge on any atom is 0.325 e. The topological polar surface area (TPSA) is 123 Å². The zero-order chi connectivity index (χ0) is 13.3. The van der Waals surface area contributed by atoms with Crippen LogP contribution < -0.4 is 0 Å². The Kier molecular flexibility index (Phi) is 4.91. The predicted molar refractivity (Wildman–Crippen MR) is 58.1 cm³/mol. The minimum Gasteiger partial charge on any atom is -0.388 e. The highest BCUT2D eigenvalue weighted by Crippen LogP contribution is 2.42. The summed E-state index contributed by atoms with van der Waals surface area (Å²) in [6.07, 6.45) is -2.98. The molecule has 5 atom stereocenters. The van der Waals surface area contributed by atoms with Crippen molar-refractivity contribution in [1.82, 2.24) is 0 Å². The summed E-state index contributed by atoms with van der Waals surface area (Å²) < 4.78 is 36.5. The molecule has 0 bridgehead atoms. The van der Waals surface area contributed by atoms with Crippen molar-refractivity contribution in [3.05, 3.63) is 0 Å². The third kappa shape index (κ3) is 5.59. The SMILES string of the molecule is CP(=O)(O)OCC1OCC(O)C1OP(C)(=O)O. The van der Waals surface area contributed by atoms with E-state index < -0.39 is 33.5 Å². The van der Waals surface area contributed by atoms with Crippen LogP contribution in [0.5, 0.6) is 0 Å². The zero-order valence-electron chi connectivity index (χ0n) is 9.42. The molecule has 10 heteroatoms. The van der Waals surface area contributed by atoms with Crippen LogP contribution in [0.4, 0.5) is 0 Å².